The average Bonchev–Trinajstić information content (AvgIpc) is 2.82. The Morgan fingerprint density at radius 1 is 1.28 bits per heavy atom. The monoisotopic (exact) mass is 260 g/mol. The molecule has 4 heteroatoms. The van der Waals surface area contributed by atoms with Crippen molar-refractivity contribution in [3.05, 3.63) is 51.7 Å². The molecule has 0 aliphatic heterocycles. The van der Waals surface area contributed by atoms with Crippen LogP contribution in [0.3, 0.4) is 0 Å². The molecule has 0 unspecified atom stereocenters. The number of thiophene rings is 1. The van der Waals surface area contributed by atoms with Gasteiger partial charge in [0, 0.05) is 6.54 Å². The van der Waals surface area contributed by atoms with Gasteiger partial charge in [-0.3, -0.25) is 4.79 Å². The van der Waals surface area contributed by atoms with E-state index in [9.17, 15) is 4.79 Å². The van der Waals surface area contributed by atoms with Crippen molar-refractivity contribution in [3.63, 3.8) is 0 Å². The highest BCUT2D eigenvalue weighted by Crippen LogP contribution is 2.18. The molecular formula is C14H16N2OS. The van der Waals surface area contributed by atoms with Crippen LogP contribution in [0.2, 0.25) is 0 Å². The molecule has 0 spiro atoms. The molecule has 0 fully saturated rings. The Morgan fingerprint density at radius 3 is 2.61 bits per heavy atom. The van der Waals surface area contributed by atoms with Crippen LogP contribution in [-0.4, -0.2) is 5.91 Å². The molecule has 0 atom stereocenters. The molecule has 0 aliphatic rings. The van der Waals surface area contributed by atoms with Crippen LogP contribution in [-0.2, 0) is 13.0 Å². The van der Waals surface area contributed by atoms with Gasteiger partial charge in [0.1, 0.15) is 4.88 Å². The second kappa shape index (κ2) is 5.69. The summed E-state index contributed by atoms with van der Waals surface area (Å²) in [6.07, 6.45) is 0.965. The summed E-state index contributed by atoms with van der Waals surface area (Å²) in [7, 11) is 0. The maximum atomic E-state index is 11.9. The number of nitrogen functional groups attached to an aromatic ring is 1. The van der Waals surface area contributed by atoms with Crippen LogP contribution in [0.1, 0.15) is 27.7 Å². The van der Waals surface area contributed by atoms with E-state index < -0.39 is 0 Å². The number of aryl methyl sites for hydroxylation is 1. The van der Waals surface area contributed by atoms with Gasteiger partial charge in [-0.05, 0) is 29.0 Å². The summed E-state index contributed by atoms with van der Waals surface area (Å²) in [5.41, 5.74) is 8.68. The van der Waals surface area contributed by atoms with Gasteiger partial charge in [-0.15, -0.1) is 11.3 Å². The Morgan fingerprint density at radius 2 is 2.00 bits per heavy atom. The Labute approximate surface area is 111 Å². The number of carbonyl (C=O) groups excluding carboxylic acids is 1. The minimum absolute atomic E-state index is 0.103. The number of benzene rings is 1. The summed E-state index contributed by atoms with van der Waals surface area (Å²) in [4.78, 5) is 12.5. The van der Waals surface area contributed by atoms with Crippen molar-refractivity contribution in [2.45, 2.75) is 19.9 Å². The lowest BCUT2D eigenvalue weighted by molar-refractivity contribution is 0.0955. The van der Waals surface area contributed by atoms with Crippen molar-refractivity contribution in [1.82, 2.24) is 5.32 Å². The third kappa shape index (κ3) is 2.71. The standard InChI is InChI=1S/C14H16N2OS/c1-2-10-5-3-4-6-11(10)9-16-14(17)13-12(15)7-8-18-13/h3-8H,2,9,15H2,1H3,(H,16,17). The lowest BCUT2D eigenvalue weighted by atomic mass is 10.1. The molecule has 1 aromatic heterocycles. The SMILES string of the molecule is CCc1ccccc1CNC(=O)c1sccc1N. The summed E-state index contributed by atoms with van der Waals surface area (Å²) >= 11 is 1.37. The normalized spacial score (nSPS) is 10.3. The first-order valence-corrected chi connectivity index (χ1v) is 6.78. The van der Waals surface area contributed by atoms with Gasteiger partial charge in [0.15, 0.2) is 0 Å². The summed E-state index contributed by atoms with van der Waals surface area (Å²) < 4.78 is 0. The lowest BCUT2D eigenvalue weighted by Crippen LogP contribution is -2.23. The number of rotatable bonds is 4. The van der Waals surface area contributed by atoms with E-state index in [4.69, 9.17) is 5.73 Å². The smallest absolute Gasteiger partial charge is 0.263 e. The van der Waals surface area contributed by atoms with Crippen LogP contribution in [0.4, 0.5) is 5.69 Å². The number of anilines is 1. The molecule has 1 amide bonds. The summed E-state index contributed by atoms with van der Waals surface area (Å²) in [5.74, 6) is -0.103. The number of hydrogen-bond donors (Lipinski definition) is 2. The van der Waals surface area contributed by atoms with E-state index in [1.165, 1.54) is 16.9 Å². The number of carbonyl (C=O) groups is 1. The molecule has 1 heterocycles. The van der Waals surface area contributed by atoms with E-state index in [1.807, 2.05) is 23.6 Å². The van der Waals surface area contributed by atoms with E-state index in [-0.39, 0.29) is 5.91 Å². The molecule has 0 bridgehead atoms. The fraction of sp³-hybridized carbons (Fsp3) is 0.214. The fourth-order valence-electron chi connectivity index (χ4n) is 1.83. The minimum Gasteiger partial charge on any atom is -0.397 e. The summed E-state index contributed by atoms with van der Waals surface area (Å²) in [5, 5.41) is 4.73. The second-order valence-corrected chi connectivity index (χ2v) is 4.93. The average molecular weight is 260 g/mol. The highest BCUT2D eigenvalue weighted by molar-refractivity contribution is 7.12. The van der Waals surface area contributed by atoms with Crippen LogP contribution >= 0.6 is 11.3 Å². The topological polar surface area (TPSA) is 55.1 Å². The zero-order valence-corrected chi connectivity index (χ0v) is 11.1. The van der Waals surface area contributed by atoms with Crippen LogP contribution < -0.4 is 11.1 Å². The molecule has 2 rings (SSSR count). The highest BCUT2D eigenvalue weighted by Gasteiger charge is 2.11. The first-order valence-electron chi connectivity index (χ1n) is 5.90. The van der Waals surface area contributed by atoms with Crippen LogP contribution in [0.25, 0.3) is 0 Å². The Kier molecular flexibility index (Phi) is 3.99. The number of hydrogen-bond acceptors (Lipinski definition) is 3. The Balaban J connectivity index is 2.04. The van der Waals surface area contributed by atoms with E-state index in [0.717, 1.165) is 12.0 Å². The summed E-state index contributed by atoms with van der Waals surface area (Å²) in [6, 6.07) is 9.87. The van der Waals surface area contributed by atoms with Crippen molar-refractivity contribution in [3.8, 4) is 0 Å². The van der Waals surface area contributed by atoms with Gasteiger partial charge < -0.3 is 11.1 Å². The quantitative estimate of drug-likeness (QED) is 0.888. The first kappa shape index (κ1) is 12.6. The molecule has 1 aromatic carbocycles. The number of nitrogens with two attached hydrogens (primary N) is 1. The molecule has 3 nitrogen and oxygen atoms in total. The van der Waals surface area contributed by atoms with Gasteiger partial charge in [0.2, 0.25) is 0 Å². The van der Waals surface area contributed by atoms with Gasteiger partial charge in [-0.2, -0.15) is 0 Å². The van der Waals surface area contributed by atoms with Crippen LogP contribution in [0, 0.1) is 0 Å². The minimum atomic E-state index is -0.103. The molecule has 0 radical (unpaired) electrons. The Hall–Kier alpha value is -1.81. The zero-order valence-electron chi connectivity index (χ0n) is 10.3. The van der Waals surface area contributed by atoms with E-state index in [2.05, 4.69) is 18.3 Å². The molecule has 0 saturated carbocycles. The fourth-order valence-corrected chi connectivity index (χ4v) is 2.57. The maximum Gasteiger partial charge on any atom is 0.263 e. The molecule has 0 aliphatic carbocycles. The third-order valence-electron chi connectivity index (χ3n) is 2.84. The van der Waals surface area contributed by atoms with Gasteiger partial charge in [0.05, 0.1) is 5.69 Å². The van der Waals surface area contributed by atoms with E-state index in [1.54, 1.807) is 6.07 Å². The molecule has 0 saturated heterocycles. The van der Waals surface area contributed by atoms with Crippen molar-refractivity contribution in [1.29, 1.82) is 0 Å². The van der Waals surface area contributed by atoms with Gasteiger partial charge >= 0.3 is 0 Å². The largest absolute Gasteiger partial charge is 0.397 e. The number of nitrogens with one attached hydrogen (secondary N) is 1. The lowest BCUT2D eigenvalue weighted by Gasteiger charge is -2.08. The Bertz CT molecular complexity index is 548. The highest BCUT2D eigenvalue weighted by atomic mass is 32.1. The molecule has 18 heavy (non-hydrogen) atoms. The number of amides is 1. The van der Waals surface area contributed by atoms with Gasteiger partial charge in [-0.1, -0.05) is 31.2 Å². The van der Waals surface area contributed by atoms with E-state index in [0.29, 0.717) is 17.1 Å². The summed E-state index contributed by atoms with van der Waals surface area (Å²) in [6.45, 7) is 2.65. The predicted octanol–water partition coefficient (Wildman–Crippen LogP) is 2.82. The maximum absolute atomic E-state index is 11.9. The second-order valence-electron chi connectivity index (χ2n) is 4.01. The van der Waals surface area contributed by atoms with Crippen LogP contribution in [0.15, 0.2) is 35.7 Å². The van der Waals surface area contributed by atoms with Crippen molar-refractivity contribution < 1.29 is 4.79 Å². The van der Waals surface area contributed by atoms with Crippen molar-refractivity contribution in [2.75, 3.05) is 5.73 Å². The van der Waals surface area contributed by atoms with Gasteiger partial charge in [-0.25, -0.2) is 0 Å². The molecular weight excluding hydrogens is 244 g/mol. The first-order chi connectivity index (χ1) is 8.72. The van der Waals surface area contributed by atoms with Crippen molar-refractivity contribution >= 4 is 22.9 Å². The molecule has 3 N–H and O–H groups in total. The van der Waals surface area contributed by atoms with Crippen LogP contribution in [0.5, 0.6) is 0 Å². The molecule has 94 valence electrons. The molecule has 2 aromatic rings. The zero-order chi connectivity index (χ0) is 13.0. The predicted molar refractivity (Wildman–Crippen MR) is 75.7 cm³/mol. The van der Waals surface area contributed by atoms with Crippen molar-refractivity contribution in [2.24, 2.45) is 0 Å². The van der Waals surface area contributed by atoms with Gasteiger partial charge in [0.25, 0.3) is 5.91 Å². The third-order valence-corrected chi connectivity index (χ3v) is 3.77. The van der Waals surface area contributed by atoms with E-state index >= 15 is 0 Å².